The fourth-order valence-electron chi connectivity index (χ4n) is 13.7. The molecule has 0 saturated heterocycles. The van der Waals surface area contributed by atoms with Gasteiger partial charge in [0.25, 0.3) is 0 Å². The lowest BCUT2D eigenvalue weighted by Gasteiger charge is -2.34. The fourth-order valence-corrected chi connectivity index (χ4v) is 13.7. The zero-order valence-corrected chi connectivity index (χ0v) is 36.9. The fraction of sp³-hybridized carbons (Fsp3) is 0.175. The van der Waals surface area contributed by atoms with Gasteiger partial charge < -0.3 is 4.90 Å². The van der Waals surface area contributed by atoms with E-state index in [1.807, 2.05) is 0 Å². The standard InChI is InChI=1S/C63H49N/c1-61(2)52-27-17-16-24-44(52)49-34-50-48-32-39(28-30-43(48)51-37-63(55(50)35-54(49)61)59(60(51)63)38-18-8-5-9-19-38)40-29-31-47-53(33-40)62(3,4)56-36-57(45-25-14-15-26-46(45)58(47)56)64(41-20-10-6-11-21-41)42-22-12-7-13-23-42/h5-36,51,59-60H,37H2,1-4H3. The van der Waals surface area contributed by atoms with Crippen molar-refractivity contribution < 1.29 is 0 Å². The van der Waals surface area contributed by atoms with Crippen LogP contribution >= 0.6 is 0 Å². The maximum atomic E-state index is 2.68. The second-order valence-electron chi connectivity index (χ2n) is 20.4. The quantitative estimate of drug-likeness (QED) is 0.167. The van der Waals surface area contributed by atoms with E-state index in [0.717, 1.165) is 11.4 Å². The van der Waals surface area contributed by atoms with E-state index in [0.29, 0.717) is 17.8 Å². The van der Waals surface area contributed by atoms with Gasteiger partial charge in [0, 0.05) is 33.0 Å². The van der Waals surface area contributed by atoms with E-state index < -0.39 is 0 Å². The topological polar surface area (TPSA) is 3.24 Å². The molecule has 64 heavy (non-hydrogen) atoms. The van der Waals surface area contributed by atoms with E-state index in [1.54, 1.807) is 11.1 Å². The van der Waals surface area contributed by atoms with Gasteiger partial charge in [0.1, 0.15) is 0 Å². The Labute approximate surface area is 376 Å². The van der Waals surface area contributed by atoms with Gasteiger partial charge in [-0.2, -0.15) is 0 Å². The molecule has 5 aliphatic rings. The van der Waals surface area contributed by atoms with E-state index in [1.165, 1.54) is 95.2 Å². The SMILES string of the molecule is CC1(C)c2ccccc2-c2cc3c(cc21)C12CC(c4ccc(-c5ccc6c(c5)C(C)(C)c5cc(N(c7ccccc7)c7ccccc7)c7ccccc7c5-6)cc4-3)C1C2c1ccccc1. The van der Waals surface area contributed by atoms with Crippen molar-refractivity contribution in [1.29, 1.82) is 0 Å². The maximum Gasteiger partial charge on any atom is 0.0543 e. The van der Waals surface area contributed by atoms with Gasteiger partial charge in [0.15, 0.2) is 0 Å². The highest BCUT2D eigenvalue weighted by Crippen LogP contribution is 2.84. The van der Waals surface area contributed by atoms with Crippen LogP contribution in [0.4, 0.5) is 17.1 Å². The predicted molar refractivity (Wildman–Crippen MR) is 266 cm³/mol. The van der Waals surface area contributed by atoms with Crippen molar-refractivity contribution in [2.75, 3.05) is 4.90 Å². The van der Waals surface area contributed by atoms with Crippen molar-refractivity contribution in [2.24, 2.45) is 5.92 Å². The molecular weight excluding hydrogens is 771 g/mol. The molecular formula is C63H49N. The number of para-hydroxylation sites is 2. The molecule has 5 aliphatic carbocycles. The minimum Gasteiger partial charge on any atom is -0.310 e. The Hall–Kier alpha value is -6.96. The zero-order valence-electron chi connectivity index (χ0n) is 36.9. The molecule has 2 bridgehead atoms. The highest BCUT2D eigenvalue weighted by molar-refractivity contribution is 6.10. The normalized spacial score (nSPS) is 21.5. The first-order valence-corrected chi connectivity index (χ1v) is 23.3. The summed E-state index contributed by atoms with van der Waals surface area (Å²) in [5.41, 5.74) is 24.9. The Morgan fingerprint density at radius 1 is 0.422 bits per heavy atom. The highest BCUT2D eigenvalue weighted by Gasteiger charge is 2.77. The first kappa shape index (κ1) is 36.5. The summed E-state index contributed by atoms with van der Waals surface area (Å²) in [6, 6.07) is 74.0. The molecule has 0 aromatic heterocycles. The summed E-state index contributed by atoms with van der Waals surface area (Å²) in [5, 5.41) is 2.56. The summed E-state index contributed by atoms with van der Waals surface area (Å²) < 4.78 is 0. The van der Waals surface area contributed by atoms with Crippen LogP contribution in [0.2, 0.25) is 0 Å². The molecule has 4 atom stereocenters. The van der Waals surface area contributed by atoms with Gasteiger partial charge in [-0.1, -0.05) is 173 Å². The molecule has 0 spiro atoms. The summed E-state index contributed by atoms with van der Waals surface area (Å²) in [6.45, 7) is 9.74. The predicted octanol–water partition coefficient (Wildman–Crippen LogP) is 16.4. The maximum absolute atomic E-state index is 2.68. The molecule has 0 aliphatic heterocycles. The molecule has 9 aromatic rings. The summed E-state index contributed by atoms with van der Waals surface area (Å²) in [6.07, 6.45) is 1.23. The number of hydrogen-bond donors (Lipinski definition) is 0. The molecule has 0 N–H and O–H groups in total. The van der Waals surface area contributed by atoms with Crippen LogP contribution in [0.25, 0.3) is 55.3 Å². The molecule has 1 nitrogen and oxygen atoms in total. The monoisotopic (exact) mass is 819 g/mol. The first-order chi connectivity index (χ1) is 31.2. The van der Waals surface area contributed by atoms with Crippen molar-refractivity contribution in [2.45, 2.75) is 62.2 Å². The number of anilines is 3. The third-order valence-corrected chi connectivity index (χ3v) is 16.8. The van der Waals surface area contributed by atoms with Crippen LogP contribution in [-0.2, 0) is 16.2 Å². The Morgan fingerprint density at radius 2 is 1.02 bits per heavy atom. The van der Waals surface area contributed by atoms with E-state index in [2.05, 4.69) is 227 Å². The second-order valence-corrected chi connectivity index (χ2v) is 20.4. The van der Waals surface area contributed by atoms with Crippen molar-refractivity contribution in [3.63, 3.8) is 0 Å². The number of rotatable bonds is 5. The molecule has 306 valence electrons. The average Bonchev–Trinajstić information content (AvgIpc) is 3.77. The summed E-state index contributed by atoms with van der Waals surface area (Å²) in [5.74, 6) is 1.78. The third-order valence-electron chi connectivity index (χ3n) is 16.8. The largest absolute Gasteiger partial charge is 0.310 e. The van der Waals surface area contributed by atoms with Crippen LogP contribution in [0.5, 0.6) is 0 Å². The van der Waals surface area contributed by atoms with E-state index >= 15 is 0 Å². The summed E-state index contributed by atoms with van der Waals surface area (Å²) in [4.78, 5) is 2.44. The molecule has 1 heteroatoms. The number of hydrogen-bond acceptors (Lipinski definition) is 1. The van der Waals surface area contributed by atoms with Gasteiger partial charge in [-0.05, 0) is 162 Å². The molecule has 0 radical (unpaired) electrons. The second kappa shape index (κ2) is 12.6. The van der Waals surface area contributed by atoms with Crippen LogP contribution < -0.4 is 4.90 Å². The Morgan fingerprint density at radius 3 is 1.77 bits per heavy atom. The van der Waals surface area contributed by atoms with E-state index in [9.17, 15) is 0 Å². The molecule has 2 saturated carbocycles. The van der Waals surface area contributed by atoms with Gasteiger partial charge >= 0.3 is 0 Å². The minimum atomic E-state index is -0.217. The van der Waals surface area contributed by atoms with Gasteiger partial charge in [0.2, 0.25) is 0 Å². The van der Waals surface area contributed by atoms with Crippen molar-refractivity contribution in [3.05, 3.63) is 233 Å². The molecule has 0 heterocycles. The minimum absolute atomic E-state index is 0.0351. The zero-order chi connectivity index (χ0) is 42.7. The van der Waals surface area contributed by atoms with Gasteiger partial charge in [-0.25, -0.2) is 0 Å². The van der Waals surface area contributed by atoms with Crippen LogP contribution in [0.15, 0.2) is 194 Å². The van der Waals surface area contributed by atoms with E-state index in [4.69, 9.17) is 0 Å². The highest BCUT2D eigenvalue weighted by atomic mass is 15.1. The number of benzene rings is 9. The average molecular weight is 820 g/mol. The van der Waals surface area contributed by atoms with Crippen molar-refractivity contribution >= 4 is 27.8 Å². The van der Waals surface area contributed by atoms with Crippen molar-refractivity contribution in [3.8, 4) is 44.5 Å². The van der Waals surface area contributed by atoms with Crippen LogP contribution in [0, 0.1) is 5.92 Å². The molecule has 14 rings (SSSR count). The summed E-state index contributed by atoms with van der Waals surface area (Å²) in [7, 11) is 0. The lowest BCUT2D eigenvalue weighted by atomic mass is 9.69. The van der Waals surface area contributed by atoms with E-state index in [-0.39, 0.29) is 16.2 Å². The van der Waals surface area contributed by atoms with Gasteiger partial charge in [-0.15, -0.1) is 0 Å². The lowest BCUT2D eigenvalue weighted by Crippen LogP contribution is -2.27. The van der Waals surface area contributed by atoms with Crippen LogP contribution in [0.1, 0.15) is 84.9 Å². The smallest absolute Gasteiger partial charge is 0.0543 e. The number of fused-ring (bicyclic) bond motifs is 12. The van der Waals surface area contributed by atoms with Crippen LogP contribution in [0.3, 0.4) is 0 Å². The Bertz CT molecular complexity index is 3390. The van der Waals surface area contributed by atoms with Gasteiger partial charge in [-0.3, -0.25) is 0 Å². The molecule has 9 aromatic carbocycles. The third kappa shape index (κ3) is 4.64. The van der Waals surface area contributed by atoms with Crippen molar-refractivity contribution in [1.82, 2.24) is 0 Å². The lowest BCUT2D eigenvalue weighted by molar-refractivity contribution is 0.340. The van der Waals surface area contributed by atoms with Crippen LogP contribution in [-0.4, -0.2) is 0 Å². The first-order valence-electron chi connectivity index (χ1n) is 23.3. The summed E-state index contributed by atoms with van der Waals surface area (Å²) >= 11 is 0. The molecule has 4 unspecified atom stereocenters. The Balaban J connectivity index is 0.926. The molecule has 0 amide bonds. The number of nitrogens with zero attached hydrogens (tertiary/aromatic N) is 1. The molecule has 2 fully saturated rings. The Kier molecular flexibility index (Phi) is 7.19. The van der Waals surface area contributed by atoms with Gasteiger partial charge in [0.05, 0.1) is 5.69 Å².